The van der Waals surface area contributed by atoms with Crippen molar-refractivity contribution >= 4 is 27.5 Å². The quantitative estimate of drug-likeness (QED) is 0.850. The number of carbonyl (C=O) groups excluding carboxylic acids is 1. The van der Waals surface area contributed by atoms with Crippen LogP contribution in [0.15, 0.2) is 22.7 Å². The second-order valence-corrected chi connectivity index (χ2v) is 7.08. The first-order chi connectivity index (χ1) is 9.97. The molecule has 0 heterocycles. The van der Waals surface area contributed by atoms with Gasteiger partial charge in [0.1, 0.15) is 0 Å². The molecule has 4 heteroatoms. The first kappa shape index (κ1) is 16.5. The van der Waals surface area contributed by atoms with E-state index >= 15 is 0 Å². The average Bonchev–Trinajstić information content (AvgIpc) is 2.44. The molecule has 1 aromatic carbocycles. The van der Waals surface area contributed by atoms with E-state index in [0.717, 1.165) is 10.2 Å². The van der Waals surface area contributed by atoms with Crippen LogP contribution in [0.2, 0.25) is 0 Å². The molecule has 0 bridgehead atoms. The summed E-state index contributed by atoms with van der Waals surface area (Å²) >= 11 is 3.50. The number of hydrogen-bond donors (Lipinski definition) is 2. The van der Waals surface area contributed by atoms with Crippen LogP contribution in [0.5, 0.6) is 0 Å². The molecule has 3 nitrogen and oxygen atoms in total. The van der Waals surface area contributed by atoms with Crippen LogP contribution in [-0.4, -0.2) is 18.0 Å². The van der Waals surface area contributed by atoms with E-state index < -0.39 is 0 Å². The highest BCUT2D eigenvalue weighted by Gasteiger charge is 2.25. The molecule has 0 saturated heterocycles. The van der Waals surface area contributed by atoms with Crippen molar-refractivity contribution in [3.63, 3.8) is 0 Å². The molecule has 21 heavy (non-hydrogen) atoms. The Morgan fingerprint density at radius 2 is 2.05 bits per heavy atom. The van der Waals surface area contributed by atoms with Gasteiger partial charge in [0.15, 0.2) is 0 Å². The zero-order chi connectivity index (χ0) is 15.4. The lowest BCUT2D eigenvalue weighted by atomic mass is 9.85. The molecule has 0 spiro atoms. The zero-order valence-corrected chi connectivity index (χ0v) is 14.7. The minimum absolute atomic E-state index is 0.0253. The predicted octanol–water partition coefficient (Wildman–Crippen LogP) is 4.25. The van der Waals surface area contributed by atoms with Crippen molar-refractivity contribution in [2.45, 2.75) is 58.5 Å². The lowest BCUT2D eigenvalue weighted by Gasteiger charge is -2.31. The number of nitrogens with one attached hydrogen (secondary N) is 2. The summed E-state index contributed by atoms with van der Waals surface area (Å²) in [6.45, 7) is 6.25. The van der Waals surface area contributed by atoms with Gasteiger partial charge in [0.05, 0.1) is 11.7 Å². The Morgan fingerprint density at radius 1 is 1.33 bits per heavy atom. The van der Waals surface area contributed by atoms with Crippen molar-refractivity contribution in [2.75, 3.05) is 5.32 Å². The smallest absolute Gasteiger partial charge is 0.241 e. The summed E-state index contributed by atoms with van der Waals surface area (Å²) < 4.78 is 0.925. The SMILES string of the molecule is Cc1ccc(NC(=O)C(C)NC2CCCCC2C)c(Br)c1. The molecule has 1 aliphatic carbocycles. The van der Waals surface area contributed by atoms with Gasteiger partial charge in [-0.05, 0) is 66.2 Å². The fourth-order valence-corrected chi connectivity index (χ4v) is 3.52. The Labute approximate surface area is 136 Å². The van der Waals surface area contributed by atoms with Crippen LogP contribution in [-0.2, 0) is 4.79 Å². The number of benzene rings is 1. The van der Waals surface area contributed by atoms with Crippen molar-refractivity contribution in [1.29, 1.82) is 0 Å². The number of halogens is 1. The predicted molar refractivity (Wildman–Crippen MR) is 91.5 cm³/mol. The molecule has 0 aliphatic heterocycles. The minimum Gasteiger partial charge on any atom is -0.324 e. The summed E-state index contributed by atoms with van der Waals surface area (Å²) in [6, 6.07) is 6.23. The van der Waals surface area contributed by atoms with Crippen molar-refractivity contribution in [3.8, 4) is 0 Å². The molecule has 2 rings (SSSR count). The first-order valence-electron chi connectivity index (χ1n) is 7.80. The second-order valence-electron chi connectivity index (χ2n) is 6.23. The Balaban J connectivity index is 1.92. The van der Waals surface area contributed by atoms with Gasteiger partial charge in [-0.15, -0.1) is 0 Å². The largest absolute Gasteiger partial charge is 0.324 e. The van der Waals surface area contributed by atoms with E-state index in [4.69, 9.17) is 0 Å². The van der Waals surface area contributed by atoms with Gasteiger partial charge in [0.2, 0.25) is 5.91 Å². The Morgan fingerprint density at radius 3 is 2.71 bits per heavy atom. The van der Waals surface area contributed by atoms with Gasteiger partial charge in [0, 0.05) is 10.5 Å². The molecule has 2 N–H and O–H groups in total. The van der Waals surface area contributed by atoms with Gasteiger partial charge in [-0.1, -0.05) is 25.8 Å². The van der Waals surface area contributed by atoms with Crippen LogP contribution in [0.25, 0.3) is 0 Å². The Kier molecular flexibility index (Phi) is 5.82. The standard InChI is InChI=1S/C17H25BrN2O/c1-11-8-9-16(14(18)10-11)20-17(21)13(3)19-15-7-5-4-6-12(15)2/h8-10,12-13,15,19H,4-7H2,1-3H3,(H,20,21). The third-order valence-electron chi connectivity index (χ3n) is 4.35. The van der Waals surface area contributed by atoms with E-state index in [1.54, 1.807) is 0 Å². The van der Waals surface area contributed by atoms with Crippen LogP contribution in [0.3, 0.4) is 0 Å². The van der Waals surface area contributed by atoms with Gasteiger partial charge in [0.25, 0.3) is 0 Å². The molecule has 1 fully saturated rings. The summed E-state index contributed by atoms with van der Waals surface area (Å²) in [7, 11) is 0. The van der Waals surface area contributed by atoms with Crippen molar-refractivity contribution < 1.29 is 4.79 Å². The highest BCUT2D eigenvalue weighted by atomic mass is 79.9. The molecule has 3 atom stereocenters. The minimum atomic E-state index is -0.177. The van der Waals surface area contributed by atoms with Crippen molar-refractivity contribution in [1.82, 2.24) is 5.32 Å². The monoisotopic (exact) mass is 352 g/mol. The van der Waals surface area contributed by atoms with Gasteiger partial charge in [-0.3, -0.25) is 4.79 Å². The lowest BCUT2D eigenvalue weighted by Crippen LogP contribution is -2.47. The fourth-order valence-electron chi connectivity index (χ4n) is 2.92. The fraction of sp³-hybridized carbons (Fsp3) is 0.588. The van der Waals surface area contributed by atoms with Gasteiger partial charge in [-0.2, -0.15) is 0 Å². The first-order valence-corrected chi connectivity index (χ1v) is 8.59. The maximum absolute atomic E-state index is 12.3. The summed E-state index contributed by atoms with van der Waals surface area (Å²) in [4.78, 5) is 12.3. The summed E-state index contributed by atoms with van der Waals surface area (Å²) in [5, 5.41) is 6.49. The molecule has 1 aromatic rings. The molecule has 0 aromatic heterocycles. The van der Waals surface area contributed by atoms with Crippen LogP contribution in [0.4, 0.5) is 5.69 Å². The molecular weight excluding hydrogens is 328 g/mol. The normalized spacial score (nSPS) is 23.6. The van der Waals surface area contributed by atoms with Gasteiger partial charge < -0.3 is 10.6 Å². The number of hydrogen-bond acceptors (Lipinski definition) is 2. The van der Waals surface area contributed by atoms with E-state index in [-0.39, 0.29) is 11.9 Å². The van der Waals surface area contributed by atoms with Crippen LogP contribution < -0.4 is 10.6 Å². The average molecular weight is 353 g/mol. The van der Waals surface area contributed by atoms with Crippen LogP contribution in [0.1, 0.15) is 45.1 Å². The van der Waals surface area contributed by atoms with E-state index in [1.807, 2.05) is 32.0 Å². The second kappa shape index (κ2) is 7.41. The van der Waals surface area contributed by atoms with Crippen molar-refractivity contribution in [3.05, 3.63) is 28.2 Å². The van der Waals surface area contributed by atoms with Crippen LogP contribution >= 0.6 is 15.9 Å². The van der Waals surface area contributed by atoms with E-state index in [0.29, 0.717) is 12.0 Å². The molecule has 0 radical (unpaired) electrons. The van der Waals surface area contributed by atoms with Gasteiger partial charge >= 0.3 is 0 Å². The maximum atomic E-state index is 12.3. The van der Waals surface area contributed by atoms with E-state index in [1.165, 1.54) is 31.2 Å². The Hall–Kier alpha value is -0.870. The molecule has 3 unspecified atom stereocenters. The zero-order valence-electron chi connectivity index (χ0n) is 13.1. The maximum Gasteiger partial charge on any atom is 0.241 e. The number of aryl methyl sites for hydroxylation is 1. The molecule has 116 valence electrons. The summed E-state index contributed by atoms with van der Waals surface area (Å²) in [5.74, 6) is 0.678. The highest BCUT2D eigenvalue weighted by Crippen LogP contribution is 2.25. The third kappa shape index (κ3) is 4.55. The Bertz CT molecular complexity index is 504. The van der Waals surface area contributed by atoms with E-state index in [2.05, 4.69) is 33.5 Å². The number of carbonyl (C=O) groups is 1. The highest BCUT2D eigenvalue weighted by molar-refractivity contribution is 9.10. The molecule has 1 saturated carbocycles. The summed E-state index contributed by atoms with van der Waals surface area (Å²) in [6.07, 6.45) is 5.01. The molecule has 1 amide bonds. The topological polar surface area (TPSA) is 41.1 Å². The summed E-state index contributed by atoms with van der Waals surface area (Å²) in [5.41, 5.74) is 2.00. The van der Waals surface area contributed by atoms with Gasteiger partial charge in [-0.25, -0.2) is 0 Å². The third-order valence-corrected chi connectivity index (χ3v) is 5.01. The number of anilines is 1. The number of amides is 1. The molecular formula is C17H25BrN2O. The van der Waals surface area contributed by atoms with Crippen molar-refractivity contribution in [2.24, 2.45) is 5.92 Å². The van der Waals surface area contributed by atoms with E-state index in [9.17, 15) is 4.79 Å². The van der Waals surface area contributed by atoms with Crippen LogP contribution in [0, 0.1) is 12.8 Å². The molecule has 1 aliphatic rings. The lowest BCUT2D eigenvalue weighted by molar-refractivity contribution is -0.118. The number of rotatable bonds is 4.